The van der Waals surface area contributed by atoms with Crippen LogP contribution in [0.2, 0.25) is 0 Å². The topological polar surface area (TPSA) is 70.3 Å². The van der Waals surface area contributed by atoms with Crippen molar-refractivity contribution in [3.8, 4) is 0 Å². The molecule has 1 aliphatic heterocycles. The lowest BCUT2D eigenvalue weighted by molar-refractivity contribution is -0.0925. The predicted octanol–water partition coefficient (Wildman–Crippen LogP) is 2.69. The molecule has 150 valence electrons. The number of aliphatic hydroxyl groups is 1. The molecular weight excluding hydrogens is 355 g/mol. The van der Waals surface area contributed by atoms with Crippen molar-refractivity contribution in [3.63, 3.8) is 0 Å². The second-order valence-electron chi connectivity index (χ2n) is 7.78. The average Bonchev–Trinajstić information content (AvgIpc) is 3.20. The molecule has 0 amide bonds. The van der Waals surface area contributed by atoms with Gasteiger partial charge in [0.2, 0.25) is 0 Å². The minimum atomic E-state index is -4.28. The summed E-state index contributed by atoms with van der Waals surface area (Å²) in [5, 5.41) is 17.7. The van der Waals surface area contributed by atoms with Crippen molar-refractivity contribution < 1.29 is 18.3 Å². The predicted molar refractivity (Wildman–Crippen MR) is 99.8 cm³/mol. The molecule has 0 saturated carbocycles. The smallest absolute Gasteiger partial charge is 0.401 e. The molecule has 0 spiro atoms. The highest BCUT2D eigenvalue weighted by molar-refractivity contribution is 5.45. The monoisotopic (exact) mass is 383 g/mol. The molecule has 0 radical (unpaired) electrons. The lowest BCUT2D eigenvalue weighted by Crippen LogP contribution is -2.46. The number of piperidine rings is 1. The summed E-state index contributed by atoms with van der Waals surface area (Å²) >= 11 is 0. The van der Waals surface area contributed by atoms with E-state index in [0.29, 0.717) is 25.0 Å². The first-order chi connectivity index (χ1) is 12.6. The zero-order valence-electron chi connectivity index (χ0n) is 15.8. The summed E-state index contributed by atoms with van der Waals surface area (Å²) < 4.78 is 38.5. The summed E-state index contributed by atoms with van der Waals surface area (Å²) in [6.45, 7) is 5.77. The van der Waals surface area contributed by atoms with Crippen LogP contribution in [0.3, 0.4) is 0 Å². The molecule has 0 aromatic carbocycles. The third kappa shape index (κ3) is 4.15. The van der Waals surface area contributed by atoms with E-state index < -0.39 is 17.4 Å². The fourth-order valence-electron chi connectivity index (χ4n) is 4.13. The van der Waals surface area contributed by atoms with Gasteiger partial charge in [0.1, 0.15) is 0 Å². The normalized spacial score (nSPS) is 26.7. The van der Waals surface area contributed by atoms with Gasteiger partial charge in [-0.25, -0.2) is 0 Å². The molecule has 1 heterocycles. The lowest BCUT2D eigenvalue weighted by atomic mass is 9.79. The van der Waals surface area contributed by atoms with Crippen LogP contribution < -0.4 is 16.4 Å². The number of allylic oxidation sites excluding steroid dienone is 4. The van der Waals surface area contributed by atoms with Gasteiger partial charge in [-0.05, 0) is 69.0 Å². The fourth-order valence-corrected chi connectivity index (χ4v) is 4.13. The van der Waals surface area contributed by atoms with Gasteiger partial charge in [0.15, 0.2) is 0 Å². The van der Waals surface area contributed by atoms with E-state index in [4.69, 9.17) is 5.73 Å². The van der Waals surface area contributed by atoms with E-state index in [0.717, 1.165) is 29.9 Å². The SMILES string of the molecule is CC1=C(N)C(CN[C@H](C)C2=CCC(C(F)(F)F)=C2)C(C2(O)CCNCC2)=C1. The van der Waals surface area contributed by atoms with Crippen molar-refractivity contribution in [2.24, 2.45) is 11.7 Å². The third-order valence-corrected chi connectivity index (χ3v) is 5.94. The summed E-state index contributed by atoms with van der Waals surface area (Å²) in [5.74, 6) is -0.136. The van der Waals surface area contributed by atoms with Crippen molar-refractivity contribution in [2.75, 3.05) is 19.6 Å². The summed E-state index contributed by atoms with van der Waals surface area (Å²) in [5.41, 5.74) is 8.15. The van der Waals surface area contributed by atoms with Crippen molar-refractivity contribution in [3.05, 3.63) is 46.2 Å². The Morgan fingerprint density at radius 3 is 2.59 bits per heavy atom. The van der Waals surface area contributed by atoms with E-state index in [1.165, 1.54) is 6.08 Å². The molecule has 3 rings (SSSR count). The largest absolute Gasteiger partial charge is 0.413 e. The third-order valence-electron chi connectivity index (χ3n) is 5.94. The maximum atomic E-state index is 12.8. The molecule has 1 saturated heterocycles. The first-order valence-corrected chi connectivity index (χ1v) is 9.44. The summed E-state index contributed by atoms with van der Waals surface area (Å²) in [6, 6.07) is -0.220. The molecule has 5 N–H and O–H groups in total. The second kappa shape index (κ2) is 7.45. The first-order valence-electron chi connectivity index (χ1n) is 9.44. The van der Waals surface area contributed by atoms with E-state index in [-0.39, 0.29) is 18.4 Å². The Morgan fingerprint density at radius 2 is 2.00 bits per heavy atom. The number of halogens is 3. The minimum Gasteiger partial charge on any atom is -0.401 e. The molecule has 0 aromatic rings. The van der Waals surface area contributed by atoms with E-state index >= 15 is 0 Å². The molecule has 4 nitrogen and oxygen atoms in total. The summed E-state index contributed by atoms with van der Waals surface area (Å²) in [7, 11) is 0. The standard InChI is InChI=1S/C20H28F3N3O/c1-12-9-17(19(27)5-7-25-8-6-19)16(18(12)24)11-26-13(2)14-3-4-15(10-14)20(21,22)23/h3,9-10,13,16,25-27H,4-8,11,24H2,1-2H3/t13-,16?/m1/s1. The van der Waals surface area contributed by atoms with E-state index in [9.17, 15) is 18.3 Å². The highest BCUT2D eigenvalue weighted by atomic mass is 19.4. The van der Waals surface area contributed by atoms with Crippen LogP contribution in [-0.4, -0.2) is 42.6 Å². The Balaban J connectivity index is 1.67. The molecule has 1 unspecified atom stereocenters. The van der Waals surface area contributed by atoms with E-state index in [1.54, 1.807) is 6.08 Å². The molecule has 7 heteroatoms. The van der Waals surface area contributed by atoms with Gasteiger partial charge in [-0.1, -0.05) is 12.2 Å². The van der Waals surface area contributed by atoms with Gasteiger partial charge in [-0.2, -0.15) is 13.2 Å². The zero-order chi connectivity index (χ0) is 19.8. The van der Waals surface area contributed by atoms with Crippen LogP contribution in [0.15, 0.2) is 46.2 Å². The van der Waals surface area contributed by atoms with Gasteiger partial charge >= 0.3 is 6.18 Å². The lowest BCUT2D eigenvalue weighted by Gasteiger charge is -2.37. The van der Waals surface area contributed by atoms with Crippen molar-refractivity contribution in [1.82, 2.24) is 10.6 Å². The van der Waals surface area contributed by atoms with Gasteiger partial charge in [0, 0.05) is 29.8 Å². The fraction of sp³-hybridized carbons (Fsp3) is 0.600. The molecule has 2 atom stereocenters. The Kier molecular flexibility index (Phi) is 5.57. The molecule has 0 aromatic heterocycles. The van der Waals surface area contributed by atoms with Crippen LogP contribution in [0.4, 0.5) is 13.2 Å². The van der Waals surface area contributed by atoms with Crippen LogP contribution in [0.25, 0.3) is 0 Å². The van der Waals surface area contributed by atoms with Gasteiger partial charge in [0.05, 0.1) is 5.60 Å². The average molecular weight is 383 g/mol. The van der Waals surface area contributed by atoms with Crippen LogP contribution in [0, 0.1) is 5.92 Å². The van der Waals surface area contributed by atoms with Crippen molar-refractivity contribution >= 4 is 0 Å². The van der Waals surface area contributed by atoms with Crippen LogP contribution in [0.1, 0.15) is 33.1 Å². The Hall–Kier alpha value is -1.57. The Labute approximate surface area is 158 Å². The number of hydrogen-bond acceptors (Lipinski definition) is 4. The molecule has 1 fully saturated rings. The number of rotatable bonds is 5. The van der Waals surface area contributed by atoms with Gasteiger partial charge in [0.25, 0.3) is 0 Å². The molecule has 2 aliphatic carbocycles. The van der Waals surface area contributed by atoms with Gasteiger partial charge in [-0.15, -0.1) is 0 Å². The highest BCUT2D eigenvalue weighted by Crippen LogP contribution is 2.40. The molecule has 0 bridgehead atoms. The minimum absolute atomic E-state index is 0.0761. The number of alkyl halides is 3. The van der Waals surface area contributed by atoms with Crippen LogP contribution >= 0.6 is 0 Å². The van der Waals surface area contributed by atoms with E-state index in [2.05, 4.69) is 10.6 Å². The number of hydrogen-bond donors (Lipinski definition) is 4. The molecule has 27 heavy (non-hydrogen) atoms. The summed E-state index contributed by atoms with van der Waals surface area (Å²) in [6.07, 6.45) is 1.75. The maximum absolute atomic E-state index is 12.8. The van der Waals surface area contributed by atoms with Crippen LogP contribution in [0.5, 0.6) is 0 Å². The maximum Gasteiger partial charge on any atom is 0.413 e. The second-order valence-corrected chi connectivity index (χ2v) is 7.78. The van der Waals surface area contributed by atoms with Gasteiger partial charge < -0.3 is 21.5 Å². The van der Waals surface area contributed by atoms with E-state index in [1.807, 2.05) is 19.9 Å². The Bertz CT molecular complexity index is 712. The molecule has 3 aliphatic rings. The quantitative estimate of drug-likeness (QED) is 0.589. The number of nitrogens with one attached hydrogen (secondary N) is 2. The summed E-state index contributed by atoms with van der Waals surface area (Å²) in [4.78, 5) is 0. The van der Waals surface area contributed by atoms with Gasteiger partial charge in [-0.3, -0.25) is 0 Å². The first kappa shape index (κ1) is 20.2. The zero-order valence-corrected chi connectivity index (χ0v) is 15.8. The highest BCUT2D eigenvalue weighted by Gasteiger charge is 2.41. The van der Waals surface area contributed by atoms with Crippen molar-refractivity contribution in [2.45, 2.75) is 50.9 Å². The van der Waals surface area contributed by atoms with Crippen LogP contribution in [-0.2, 0) is 0 Å². The Morgan fingerprint density at radius 1 is 1.33 bits per heavy atom. The van der Waals surface area contributed by atoms with Crippen molar-refractivity contribution in [1.29, 1.82) is 0 Å². The molecular formula is C20H28F3N3O. The number of nitrogens with two attached hydrogens (primary N) is 1.